The van der Waals surface area contributed by atoms with Crippen LogP contribution in [0.1, 0.15) is 42.9 Å². The summed E-state index contributed by atoms with van der Waals surface area (Å²) < 4.78 is 11.2. The van der Waals surface area contributed by atoms with Gasteiger partial charge in [-0.3, -0.25) is 4.79 Å². The molecule has 7 heteroatoms. The average molecular weight is 330 g/mol. The zero-order valence-electron chi connectivity index (χ0n) is 14.1. The molecular formula is C17H22N4O3. The molecule has 2 aromatic rings. The van der Waals surface area contributed by atoms with Crippen LogP contribution in [0.4, 0.5) is 5.82 Å². The van der Waals surface area contributed by atoms with Crippen molar-refractivity contribution in [3.05, 3.63) is 41.9 Å². The number of nitrogen functional groups attached to an aromatic ring is 1. The van der Waals surface area contributed by atoms with Crippen LogP contribution in [-0.2, 0) is 0 Å². The van der Waals surface area contributed by atoms with Gasteiger partial charge < -0.3 is 20.5 Å². The van der Waals surface area contributed by atoms with E-state index < -0.39 is 0 Å². The molecule has 1 aromatic heterocycles. The first-order valence-electron chi connectivity index (χ1n) is 7.83. The van der Waals surface area contributed by atoms with Crippen LogP contribution < -0.4 is 20.5 Å². The summed E-state index contributed by atoms with van der Waals surface area (Å²) in [5.74, 6) is 1.06. The normalized spacial score (nSPS) is 11.6. The molecule has 7 nitrogen and oxygen atoms in total. The first-order chi connectivity index (χ1) is 11.6. The molecule has 0 saturated carbocycles. The van der Waals surface area contributed by atoms with E-state index in [1.807, 2.05) is 39.0 Å². The lowest BCUT2D eigenvalue weighted by Gasteiger charge is -2.17. The Labute approximate surface area is 141 Å². The number of aromatic nitrogens is 2. The molecule has 24 heavy (non-hydrogen) atoms. The summed E-state index contributed by atoms with van der Waals surface area (Å²) in [6.07, 6.45) is 2.87. The molecule has 0 bridgehead atoms. The molecule has 1 amide bonds. The molecule has 2 rings (SSSR count). The fourth-order valence-corrected chi connectivity index (χ4v) is 2.21. The topological polar surface area (TPSA) is 99.4 Å². The van der Waals surface area contributed by atoms with Crippen molar-refractivity contribution >= 4 is 11.7 Å². The van der Waals surface area contributed by atoms with Crippen LogP contribution in [0, 0.1) is 0 Å². The van der Waals surface area contributed by atoms with Gasteiger partial charge in [-0.25, -0.2) is 9.97 Å². The Hall–Kier alpha value is -2.83. The van der Waals surface area contributed by atoms with E-state index in [0.29, 0.717) is 24.7 Å². The van der Waals surface area contributed by atoms with Crippen molar-refractivity contribution in [2.45, 2.75) is 26.8 Å². The maximum Gasteiger partial charge on any atom is 0.274 e. The summed E-state index contributed by atoms with van der Waals surface area (Å²) in [5.41, 5.74) is 6.68. The van der Waals surface area contributed by atoms with Crippen molar-refractivity contribution in [1.29, 1.82) is 0 Å². The van der Waals surface area contributed by atoms with Gasteiger partial charge in [0, 0.05) is 12.4 Å². The minimum absolute atomic E-state index is 0.101. The van der Waals surface area contributed by atoms with Gasteiger partial charge >= 0.3 is 0 Å². The third-order valence-electron chi connectivity index (χ3n) is 3.36. The second-order valence-corrected chi connectivity index (χ2v) is 5.06. The van der Waals surface area contributed by atoms with E-state index >= 15 is 0 Å². The number of ether oxygens (including phenoxy) is 2. The first-order valence-corrected chi connectivity index (χ1v) is 7.83. The Kier molecular flexibility index (Phi) is 5.95. The van der Waals surface area contributed by atoms with Crippen LogP contribution in [0.5, 0.6) is 11.5 Å². The molecule has 0 aliphatic carbocycles. The summed E-state index contributed by atoms with van der Waals surface area (Å²) >= 11 is 0. The SMILES string of the molecule is CCOc1ccc(C(C)NC(=O)c2nccnc2N)cc1OCC. The minimum Gasteiger partial charge on any atom is -0.490 e. The number of carbonyl (C=O) groups is 1. The molecule has 0 aliphatic rings. The van der Waals surface area contributed by atoms with Crippen LogP contribution >= 0.6 is 0 Å². The highest BCUT2D eigenvalue weighted by Crippen LogP contribution is 2.30. The van der Waals surface area contributed by atoms with Gasteiger partial charge in [-0.05, 0) is 38.5 Å². The average Bonchev–Trinajstić information content (AvgIpc) is 2.57. The third-order valence-corrected chi connectivity index (χ3v) is 3.36. The molecule has 0 spiro atoms. The van der Waals surface area contributed by atoms with Crippen molar-refractivity contribution in [2.75, 3.05) is 18.9 Å². The standard InChI is InChI=1S/C17H22N4O3/c1-4-23-13-7-6-12(10-14(13)24-5-2)11(3)21-17(22)15-16(18)20-9-8-19-15/h6-11H,4-5H2,1-3H3,(H2,18,20)(H,21,22). The third kappa shape index (κ3) is 4.13. The molecule has 0 fully saturated rings. The second kappa shape index (κ2) is 8.14. The van der Waals surface area contributed by atoms with Crippen molar-refractivity contribution < 1.29 is 14.3 Å². The van der Waals surface area contributed by atoms with Gasteiger partial charge in [0.1, 0.15) is 0 Å². The molecule has 1 heterocycles. The Balaban J connectivity index is 2.17. The number of rotatable bonds is 7. The monoisotopic (exact) mass is 330 g/mol. The summed E-state index contributed by atoms with van der Waals surface area (Å²) in [7, 11) is 0. The van der Waals surface area contributed by atoms with E-state index in [9.17, 15) is 4.79 Å². The van der Waals surface area contributed by atoms with Gasteiger partial charge in [0.15, 0.2) is 23.0 Å². The fraction of sp³-hybridized carbons (Fsp3) is 0.353. The number of hydrogen-bond acceptors (Lipinski definition) is 6. The highest BCUT2D eigenvalue weighted by atomic mass is 16.5. The molecular weight excluding hydrogens is 308 g/mol. The molecule has 0 radical (unpaired) electrons. The van der Waals surface area contributed by atoms with Crippen LogP contribution in [-0.4, -0.2) is 29.1 Å². The predicted molar refractivity (Wildman–Crippen MR) is 91.1 cm³/mol. The molecule has 1 atom stereocenters. The van der Waals surface area contributed by atoms with Gasteiger partial charge in [-0.2, -0.15) is 0 Å². The molecule has 0 aliphatic heterocycles. The van der Waals surface area contributed by atoms with Crippen molar-refractivity contribution in [3.63, 3.8) is 0 Å². The van der Waals surface area contributed by atoms with Gasteiger partial charge in [0.25, 0.3) is 5.91 Å². The lowest BCUT2D eigenvalue weighted by molar-refractivity contribution is 0.0935. The number of hydrogen-bond donors (Lipinski definition) is 2. The van der Waals surface area contributed by atoms with E-state index in [1.165, 1.54) is 12.4 Å². The summed E-state index contributed by atoms with van der Waals surface area (Å²) in [6.45, 7) is 6.77. The largest absolute Gasteiger partial charge is 0.490 e. The van der Waals surface area contributed by atoms with E-state index in [-0.39, 0.29) is 23.5 Å². The smallest absolute Gasteiger partial charge is 0.274 e. The zero-order chi connectivity index (χ0) is 17.5. The fourth-order valence-electron chi connectivity index (χ4n) is 2.21. The zero-order valence-corrected chi connectivity index (χ0v) is 14.1. The number of nitrogens with zero attached hydrogens (tertiary/aromatic N) is 2. The van der Waals surface area contributed by atoms with E-state index in [2.05, 4.69) is 15.3 Å². The minimum atomic E-state index is -0.375. The van der Waals surface area contributed by atoms with Crippen LogP contribution in [0.2, 0.25) is 0 Å². The van der Waals surface area contributed by atoms with Crippen molar-refractivity contribution in [1.82, 2.24) is 15.3 Å². The van der Waals surface area contributed by atoms with Crippen LogP contribution in [0.25, 0.3) is 0 Å². The Morgan fingerprint density at radius 1 is 1.17 bits per heavy atom. The van der Waals surface area contributed by atoms with E-state index in [4.69, 9.17) is 15.2 Å². The Bertz CT molecular complexity index is 706. The van der Waals surface area contributed by atoms with Crippen molar-refractivity contribution in [2.24, 2.45) is 0 Å². The number of nitrogens with two attached hydrogens (primary N) is 1. The number of carbonyl (C=O) groups excluding carboxylic acids is 1. The summed E-state index contributed by atoms with van der Waals surface area (Å²) in [4.78, 5) is 20.1. The number of nitrogens with one attached hydrogen (secondary N) is 1. The number of amides is 1. The van der Waals surface area contributed by atoms with E-state index in [1.54, 1.807) is 0 Å². The van der Waals surface area contributed by atoms with Gasteiger partial charge in [-0.1, -0.05) is 6.07 Å². The highest BCUT2D eigenvalue weighted by molar-refractivity contribution is 5.96. The van der Waals surface area contributed by atoms with Gasteiger partial charge in [0.05, 0.1) is 19.3 Å². The summed E-state index contributed by atoms with van der Waals surface area (Å²) in [5, 5.41) is 2.86. The quantitative estimate of drug-likeness (QED) is 0.808. The molecule has 0 saturated heterocycles. The lowest BCUT2D eigenvalue weighted by Crippen LogP contribution is -2.28. The maximum atomic E-state index is 12.3. The molecule has 1 aromatic carbocycles. The van der Waals surface area contributed by atoms with E-state index in [0.717, 1.165) is 5.56 Å². The van der Waals surface area contributed by atoms with Gasteiger partial charge in [-0.15, -0.1) is 0 Å². The Morgan fingerprint density at radius 2 is 1.83 bits per heavy atom. The molecule has 1 unspecified atom stereocenters. The summed E-state index contributed by atoms with van der Waals surface area (Å²) in [6, 6.07) is 5.33. The Morgan fingerprint density at radius 3 is 2.50 bits per heavy atom. The number of anilines is 1. The predicted octanol–water partition coefficient (Wildman–Crippen LogP) is 2.35. The highest BCUT2D eigenvalue weighted by Gasteiger charge is 2.17. The van der Waals surface area contributed by atoms with Crippen molar-refractivity contribution in [3.8, 4) is 11.5 Å². The molecule has 128 valence electrons. The maximum absolute atomic E-state index is 12.3. The van der Waals surface area contributed by atoms with Crippen LogP contribution in [0.3, 0.4) is 0 Å². The second-order valence-electron chi connectivity index (χ2n) is 5.06. The lowest BCUT2D eigenvalue weighted by atomic mass is 10.1. The first kappa shape index (κ1) is 17.5. The molecule has 3 N–H and O–H groups in total. The van der Waals surface area contributed by atoms with Gasteiger partial charge in [0.2, 0.25) is 0 Å². The number of benzene rings is 1. The van der Waals surface area contributed by atoms with Crippen LogP contribution in [0.15, 0.2) is 30.6 Å².